The number of anilines is 1. The average molecular weight is 428 g/mol. The number of rotatable bonds is 6. The Hall–Kier alpha value is -3.70. The molecule has 0 bridgehead atoms. The number of nitrogens with zero attached hydrogens (tertiary/aromatic N) is 1. The van der Waals surface area contributed by atoms with Crippen LogP contribution in [0.5, 0.6) is 0 Å². The lowest BCUT2D eigenvalue weighted by atomic mass is 9.90. The average Bonchev–Trinajstić information content (AvgIpc) is 2.82. The fraction of sp³-hybridized carbons (Fsp3) is 0.0385. The van der Waals surface area contributed by atoms with Crippen LogP contribution in [0.15, 0.2) is 126 Å². The minimum atomic E-state index is -4.13. The second-order valence-corrected chi connectivity index (χ2v) is 8.80. The van der Waals surface area contributed by atoms with Crippen LogP contribution in [0.4, 0.5) is 5.69 Å². The molecule has 0 saturated heterocycles. The maximum absolute atomic E-state index is 14.0. The van der Waals surface area contributed by atoms with E-state index in [1.807, 2.05) is 60.7 Å². The lowest BCUT2D eigenvalue weighted by Gasteiger charge is -2.27. The van der Waals surface area contributed by atoms with Gasteiger partial charge in [0, 0.05) is 0 Å². The van der Waals surface area contributed by atoms with E-state index in [9.17, 15) is 13.2 Å². The van der Waals surface area contributed by atoms with Gasteiger partial charge in [0.15, 0.2) is 0 Å². The Morgan fingerprint density at radius 2 is 0.968 bits per heavy atom. The molecule has 5 heteroatoms. The van der Waals surface area contributed by atoms with E-state index in [1.54, 1.807) is 48.5 Å². The van der Waals surface area contributed by atoms with Gasteiger partial charge in [-0.3, -0.25) is 4.79 Å². The Morgan fingerprint density at radius 1 is 0.581 bits per heavy atom. The topological polar surface area (TPSA) is 54.5 Å². The number of hydrogen-bond donors (Lipinski definition) is 0. The quantitative estimate of drug-likeness (QED) is 0.423. The van der Waals surface area contributed by atoms with E-state index in [0.29, 0.717) is 5.69 Å². The highest BCUT2D eigenvalue weighted by atomic mass is 32.2. The van der Waals surface area contributed by atoms with Gasteiger partial charge < -0.3 is 0 Å². The zero-order chi connectivity index (χ0) is 21.7. The van der Waals surface area contributed by atoms with Crippen molar-refractivity contribution >= 4 is 21.6 Å². The van der Waals surface area contributed by atoms with Crippen LogP contribution in [0.3, 0.4) is 0 Å². The molecule has 4 aromatic rings. The van der Waals surface area contributed by atoms with E-state index in [1.165, 1.54) is 12.1 Å². The standard InChI is InChI=1S/C26H21NO3S/c28-26(25(21-13-5-1-6-14-21)22-15-7-2-8-16-22)27(23-17-9-3-10-18-23)31(29,30)24-19-11-4-12-20-24/h1-20,25H. The Kier molecular flexibility index (Phi) is 5.96. The smallest absolute Gasteiger partial charge is 0.270 e. The van der Waals surface area contributed by atoms with Crippen molar-refractivity contribution in [2.45, 2.75) is 10.8 Å². The molecular weight excluding hydrogens is 406 g/mol. The molecule has 0 atom stereocenters. The van der Waals surface area contributed by atoms with Crippen molar-refractivity contribution in [2.24, 2.45) is 0 Å². The summed E-state index contributed by atoms with van der Waals surface area (Å²) in [6, 6.07) is 35.0. The number of benzene rings is 4. The summed E-state index contributed by atoms with van der Waals surface area (Å²) in [7, 11) is -4.13. The van der Waals surface area contributed by atoms with Crippen molar-refractivity contribution in [3.05, 3.63) is 132 Å². The Balaban J connectivity index is 1.90. The van der Waals surface area contributed by atoms with Crippen molar-refractivity contribution < 1.29 is 13.2 Å². The second-order valence-electron chi connectivity index (χ2n) is 7.01. The maximum atomic E-state index is 14.0. The summed E-state index contributed by atoms with van der Waals surface area (Å²) in [4.78, 5) is 14.1. The number of amides is 1. The molecule has 0 heterocycles. The molecule has 0 aliphatic rings. The molecule has 1 amide bonds. The van der Waals surface area contributed by atoms with Gasteiger partial charge in [0.05, 0.1) is 16.5 Å². The first-order chi connectivity index (χ1) is 15.1. The minimum Gasteiger partial charge on any atom is -0.272 e. The first-order valence-electron chi connectivity index (χ1n) is 9.88. The molecule has 0 fully saturated rings. The van der Waals surface area contributed by atoms with Crippen LogP contribution < -0.4 is 4.31 Å². The molecule has 4 aromatic carbocycles. The summed E-state index contributed by atoms with van der Waals surface area (Å²) in [5, 5.41) is 0. The van der Waals surface area contributed by atoms with E-state index in [4.69, 9.17) is 0 Å². The first-order valence-corrected chi connectivity index (χ1v) is 11.3. The third-order valence-corrected chi connectivity index (χ3v) is 6.72. The number of sulfonamides is 1. The van der Waals surface area contributed by atoms with Crippen molar-refractivity contribution in [2.75, 3.05) is 4.31 Å². The molecule has 31 heavy (non-hydrogen) atoms. The fourth-order valence-corrected chi connectivity index (χ4v) is 4.99. The monoisotopic (exact) mass is 427 g/mol. The van der Waals surface area contributed by atoms with Gasteiger partial charge in [-0.05, 0) is 35.4 Å². The molecule has 0 aliphatic heterocycles. The number of hydrogen-bond acceptors (Lipinski definition) is 3. The molecule has 4 rings (SSSR count). The Morgan fingerprint density at radius 3 is 1.42 bits per heavy atom. The van der Waals surface area contributed by atoms with Gasteiger partial charge >= 0.3 is 0 Å². The number of para-hydroxylation sites is 1. The molecule has 0 unspecified atom stereocenters. The Labute approximate surface area is 182 Å². The van der Waals surface area contributed by atoms with Crippen LogP contribution in [-0.2, 0) is 14.8 Å². The SMILES string of the molecule is O=C(C(c1ccccc1)c1ccccc1)N(c1ccccc1)S(=O)(=O)c1ccccc1. The molecule has 4 nitrogen and oxygen atoms in total. The van der Waals surface area contributed by atoms with Crippen molar-refractivity contribution in [1.82, 2.24) is 0 Å². The summed E-state index contributed by atoms with van der Waals surface area (Å²) in [6.45, 7) is 0. The van der Waals surface area contributed by atoms with Crippen LogP contribution in [0, 0.1) is 0 Å². The van der Waals surface area contributed by atoms with Crippen LogP contribution in [0.2, 0.25) is 0 Å². The molecule has 154 valence electrons. The molecule has 0 aromatic heterocycles. The van der Waals surface area contributed by atoms with Crippen molar-refractivity contribution in [3.8, 4) is 0 Å². The lowest BCUT2D eigenvalue weighted by molar-refractivity contribution is -0.118. The second kappa shape index (κ2) is 8.98. The molecule has 0 N–H and O–H groups in total. The van der Waals surface area contributed by atoms with Gasteiger partial charge in [-0.15, -0.1) is 0 Å². The zero-order valence-electron chi connectivity index (χ0n) is 16.7. The van der Waals surface area contributed by atoms with Gasteiger partial charge in [0.2, 0.25) is 0 Å². The highest BCUT2D eigenvalue weighted by molar-refractivity contribution is 7.93. The largest absolute Gasteiger partial charge is 0.272 e. The van der Waals surface area contributed by atoms with Gasteiger partial charge in [0.1, 0.15) is 0 Å². The summed E-state index contributed by atoms with van der Waals surface area (Å²) >= 11 is 0. The number of carbonyl (C=O) groups excluding carboxylic acids is 1. The molecule has 0 aliphatic carbocycles. The van der Waals surface area contributed by atoms with Gasteiger partial charge in [-0.1, -0.05) is 97.1 Å². The molecular formula is C26H21NO3S. The normalized spacial score (nSPS) is 11.3. The van der Waals surface area contributed by atoms with E-state index in [0.717, 1.165) is 15.4 Å². The highest BCUT2D eigenvalue weighted by Gasteiger charge is 2.36. The van der Waals surface area contributed by atoms with Crippen LogP contribution in [-0.4, -0.2) is 14.3 Å². The van der Waals surface area contributed by atoms with E-state index < -0.39 is 21.8 Å². The molecule has 0 radical (unpaired) electrons. The van der Waals surface area contributed by atoms with Crippen LogP contribution >= 0.6 is 0 Å². The summed E-state index contributed by atoms with van der Waals surface area (Å²) < 4.78 is 28.2. The zero-order valence-corrected chi connectivity index (χ0v) is 17.5. The predicted molar refractivity (Wildman–Crippen MR) is 122 cm³/mol. The van der Waals surface area contributed by atoms with Gasteiger partial charge in [-0.25, -0.2) is 12.7 Å². The van der Waals surface area contributed by atoms with Crippen LogP contribution in [0.1, 0.15) is 17.0 Å². The number of carbonyl (C=O) groups is 1. The van der Waals surface area contributed by atoms with Crippen LogP contribution in [0.25, 0.3) is 0 Å². The van der Waals surface area contributed by atoms with Crippen molar-refractivity contribution in [3.63, 3.8) is 0 Å². The third-order valence-electron chi connectivity index (χ3n) is 4.99. The third kappa shape index (κ3) is 4.27. The maximum Gasteiger partial charge on any atom is 0.270 e. The summed E-state index contributed by atoms with van der Waals surface area (Å²) in [5.74, 6) is -1.31. The van der Waals surface area contributed by atoms with E-state index >= 15 is 0 Å². The molecule has 0 saturated carbocycles. The fourth-order valence-electron chi connectivity index (χ4n) is 3.53. The molecule has 0 spiro atoms. The lowest BCUT2D eigenvalue weighted by Crippen LogP contribution is -2.40. The summed E-state index contributed by atoms with van der Waals surface area (Å²) in [6.07, 6.45) is 0. The Bertz CT molecular complexity index is 1200. The first kappa shape index (κ1) is 20.6. The van der Waals surface area contributed by atoms with Gasteiger partial charge in [-0.2, -0.15) is 0 Å². The van der Waals surface area contributed by atoms with E-state index in [-0.39, 0.29) is 4.90 Å². The van der Waals surface area contributed by atoms with E-state index in [2.05, 4.69) is 0 Å². The predicted octanol–water partition coefficient (Wildman–Crippen LogP) is 5.24. The van der Waals surface area contributed by atoms with Crippen molar-refractivity contribution in [1.29, 1.82) is 0 Å². The summed E-state index contributed by atoms with van der Waals surface area (Å²) in [5.41, 5.74) is 1.75. The van der Waals surface area contributed by atoms with Gasteiger partial charge in [0.25, 0.3) is 15.9 Å². The highest BCUT2D eigenvalue weighted by Crippen LogP contribution is 2.32. The minimum absolute atomic E-state index is 0.0621.